The van der Waals surface area contributed by atoms with Gasteiger partial charge in [0.05, 0.1) is 11.3 Å². The molecule has 0 aliphatic heterocycles. The minimum atomic E-state index is -1.01. The average Bonchev–Trinajstić information content (AvgIpc) is 2.43. The Morgan fingerprint density at radius 1 is 1.50 bits per heavy atom. The Balaban J connectivity index is 2.65. The van der Waals surface area contributed by atoms with Gasteiger partial charge in [0.2, 0.25) is 0 Å². The van der Waals surface area contributed by atoms with Gasteiger partial charge >= 0.3 is 11.9 Å². The Morgan fingerprint density at radius 3 is 2.10 bits per heavy atom. The van der Waals surface area contributed by atoms with E-state index in [1.807, 2.05) is 0 Å². The molecule has 0 aromatic rings. The van der Waals surface area contributed by atoms with Crippen molar-refractivity contribution in [3.05, 3.63) is 0 Å². The van der Waals surface area contributed by atoms with Crippen molar-refractivity contribution in [3.8, 4) is 0 Å². The molecule has 1 fully saturated rings. The molecule has 0 bridgehead atoms. The molecule has 1 aliphatic rings. The van der Waals surface area contributed by atoms with Crippen molar-refractivity contribution >= 4 is 11.9 Å². The van der Waals surface area contributed by atoms with Crippen molar-refractivity contribution in [1.82, 2.24) is 0 Å². The van der Waals surface area contributed by atoms with Gasteiger partial charge < -0.3 is 10.2 Å². The Labute approximate surface area is 57.5 Å². The molecular formula is C6H8O4. The second-order valence-corrected chi connectivity index (χ2v) is 2.82. The number of hydrogen-bond acceptors (Lipinski definition) is 2. The number of hydrogen-bond donors (Lipinski definition) is 2. The molecule has 10 heavy (non-hydrogen) atoms. The largest absolute Gasteiger partial charge is 0.481 e. The van der Waals surface area contributed by atoms with Gasteiger partial charge in [0.15, 0.2) is 0 Å². The van der Waals surface area contributed by atoms with Crippen LogP contribution < -0.4 is 0 Å². The van der Waals surface area contributed by atoms with E-state index in [1.165, 1.54) is 6.92 Å². The van der Waals surface area contributed by atoms with Crippen molar-refractivity contribution in [2.24, 2.45) is 11.3 Å². The molecule has 0 spiro atoms. The molecule has 0 radical (unpaired) electrons. The first-order valence-corrected chi connectivity index (χ1v) is 2.94. The first kappa shape index (κ1) is 7.05. The predicted molar refractivity (Wildman–Crippen MR) is 31.5 cm³/mol. The van der Waals surface area contributed by atoms with E-state index in [2.05, 4.69) is 0 Å². The summed E-state index contributed by atoms with van der Waals surface area (Å²) in [6, 6.07) is 0. The van der Waals surface area contributed by atoms with Crippen LogP contribution in [-0.4, -0.2) is 22.2 Å². The zero-order valence-electron chi connectivity index (χ0n) is 5.50. The van der Waals surface area contributed by atoms with E-state index in [9.17, 15) is 9.59 Å². The summed E-state index contributed by atoms with van der Waals surface area (Å²) in [6.45, 7) is 1.45. The minimum Gasteiger partial charge on any atom is -0.481 e. The molecule has 56 valence electrons. The first-order valence-electron chi connectivity index (χ1n) is 2.94. The van der Waals surface area contributed by atoms with Crippen LogP contribution in [0.3, 0.4) is 0 Å². The maximum atomic E-state index is 10.3. The lowest BCUT2D eigenvalue weighted by molar-refractivity contribution is -0.148. The van der Waals surface area contributed by atoms with E-state index in [-0.39, 0.29) is 6.42 Å². The zero-order valence-corrected chi connectivity index (χ0v) is 5.50. The van der Waals surface area contributed by atoms with Gasteiger partial charge in [0.25, 0.3) is 0 Å². The topological polar surface area (TPSA) is 74.6 Å². The van der Waals surface area contributed by atoms with Crippen LogP contribution in [0.15, 0.2) is 0 Å². The summed E-state index contributed by atoms with van der Waals surface area (Å²) >= 11 is 0. The lowest BCUT2D eigenvalue weighted by Gasteiger charge is -1.99. The molecule has 4 nitrogen and oxygen atoms in total. The summed E-state index contributed by atoms with van der Waals surface area (Å²) in [7, 11) is 0. The van der Waals surface area contributed by atoms with Gasteiger partial charge in [-0.05, 0) is 13.3 Å². The van der Waals surface area contributed by atoms with Gasteiger partial charge in [-0.2, -0.15) is 0 Å². The summed E-state index contributed by atoms with van der Waals surface area (Å²) < 4.78 is 0. The molecule has 2 atom stereocenters. The predicted octanol–water partition coefficient (Wildman–Crippen LogP) is 0.182. The van der Waals surface area contributed by atoms with Crippen LogP contribution in [0.2, 0.25) is 0 Å². The first-order chi connectivity index (χ1) is 4.48. The van der Waals surface area contributed by atoms with Crippen molar-refractivity contribution < 1.29 is 19.8 Å². The summed E-state index contributed by atoms with van der Waals surface area (Å²) in [5, 5.41) is 16.8. The van der Waals surface area contributed by atoms with Crippen LogP contribution in [0.1, 0.15) is 13.3 Å². The summed E-state index contributed by atoms with van der Waals surface area (Å²) in [4.78, 5) is 20.6. The van der Waals surface area contributed by atoms with E-state index >= 15 is 0 Å². The van der Waals surface area contributed by atoms with Crippen LogP contribution in [0.4, 0.5) is 0 Å². The van der Waals surface area contributed by atoms with Gasteiger partial charge in [0.1, 0.15) is 0 Å². The molecular weight excluding hydrogens is 136 g/mol. The molecule has 1 aliphatic carbocycles. The van der Waals surface area contributed by atoms with Crippen molar-refractivity contribution in [3.63, 3.8) is 0 Å². The quantitative estimate of drug-likeness (QED) is 0.579. The fourth-order valence-corrected chi connectivity index (χ4v) is 0.961. The fourth-order valence-electron chi connectivity index (χ4n) is 0.961. The third-order valence-electron chi connectivity index (χ3n) is 2.02. The number of carboxylic acid groups (broad SMARTS) is 2. The van der Waals surface area contributed by atoms with Crippen molar-refractivity contribution in [2.45, 2.75) is 13.3 Å². The third-order valence-corrected chi connectivity index (χ3v) is 2.02. The molecule has 0 heterocycles. The second kappa shape index (κ2) is 1.71. The van der Waals surface area contributed by atoms with Crippen LogP contribution in [-0.2, 0) is 9.59 Å². The minimum absolute atomic E-state index is 0.262. The van der Waals surface area contributed by atoms with Crippen LogP contribution >= 0.6 is 0 Å². The van der Waals surface area contributed by atoms with Gasteiger partial charge in [-0.3, -0.25) is 9.59 Å². The smallest absolute Gasteiger partial charge is 0.310 e. The molecule has 0 amide bonds. The SMILES string of the molecule is C[C@@]1(C(=O)O)C[C@@H]1C(=O)O. The van der Waals surface area contributed by atoms with Gasteiger partial charge in [-0.1, -0.05) is 0 Å². The molecule has 0 aromatic heterocycles. The molecule has 0 aromatic carbocycles. The van der Waals surface area contributed by atoms with Crippen molar-refractivity contribution in [1.29, 1.82) is 0 Å². The number of carbonyl (C=O) groups is 2. The highest BCUT2D eigenvalue weighted by atomic mass is 16.4. The number of aliphatic carboxylic acids is 2. The second-order valence-electron chi connectivity index (χ2n) is 2.82. The molecule has 0 saturated heterocycles. The van der Waals surface area contributed by atoms with Gasteiger partial charge in [-0.25, -0.2) is 0 Å². The highest BCUT2D eigenvalue weighted by Gasteiger charge is 2.60. The van der Waals surface area contributed by atoms with Gasteiger partial charge in [-0.15, -0.1) is 0 Å². The zero-order chi connectivity index (χ0) is 7.94. The lowest BCUT2D eigenvalue weighted by atomic mass is 10.1. The monoisotopic (exact) mass is 144 g/mol. The van der Waals surface area contributed by atoms with Gasteiger partial charge in [0, 0.05) is 0 Å². The molecule has 4 heteroatoms. The van der Waals surface area contributed by atoms with E-state index in [1.54, 1.807) is 0 Å². The summed E-state index contributed by atoms with van der Waals surface area (Å²) in [5.41, 5.74) is -0.994. The normalized spacial score (nSPS) is 37.1. The highest BCUT2D eigenvalue weighted by Crippen LogP contribution is 2.52. The Kier molecular flexibility index (Phi) is 1.21. The summed E-state index contributed by atoms with van der Waals surface area (Å²) in [6.07, 6.45) is 0.262. The molecule has 1 saturated carbocycles. The standard InChI is InChI=1S/C6H8O4/c1-6(5(9)10)2-3(6)4(7)8/h3H,2H2,1H3,(H,7,8)(H,9,10)/t3-,6-/m1/s1. The highest BCUT2D eigenvalue weighted by molar-refractivity contribution is 5.88. The maximum absolute atomic E-state index is 10.3. The van der Waals surface area contributed by atoms with E-state index in [4.69, 9.17) is 10.2 Å². The Bertz CT molecular complexity index is 198. The average molecular weight is 144 g/mol. The summed E-state index contributed by atoms with van der Waals surface area (Å²) in [5.74, 6) is -2.70. The molecule has 1 rings (SSSR count). The van der Waals surface area contributed by atoms with Crippen LogP contribution in [0.25, 0.3) is 0 Å². The van der Waals surface area contributed by atoms with E-state index < -0.39 is 23.3 Å². The van der Waals surface area contributed by atoms with Crippen LogP contribution in [0.5, 0.6) is 0 Å². The van der Waals surface area contributed by atoms with Crippen LogP contribution in [0, 0.1) is 11.3 Å². The fraction of sp³-hybridized carbons (Fsp3) is 0.667. The number of rotatable bonds is 2. The molecule has 0 unspecified atom stereocenters. The van der Waals surface area contributed by atoms with E-state index in [0.717, 1.165) is 0 Å². The lowest BCUT2D eigenvalue weighted by Crippen LogP contribution is -2.16. The molecule has 2 N–H and O–H groups in total. The van der Waals surface area contributed by atoms with Crippen molar-refractivity contribution in [2.75, 3.05) is 0 Å². The number of carboxylic acids is 2. The Morgan fingerprint density at radius 2 is 2.00 bits per heavy atom. The third kappa shape index (κ3) is 0.761. The van der Waals surface area contributed by atoms with E-state index in [0.29, 0.717) is 0 Å². The maximum Gasteiger partial charge on any atom is 0.310 e. The Hall–Kier alpha value is -1.06.